The molecule has 0 radical (unpaired) electrons. The Labute approximate surface area is 91.3 Å². The molecule has 0 unspecified atom stereocenters. The van der Waals surface area contributed by atoms with Crippen molar-refractivity contribution >= 4 is 26.8 Å². The summed E-state index contributed by atoms with van der Waals surface area (Å²) in [6.07, 6.45) is -3.05. The molecular weight excluding hydrogens is 273 g/mol. The molecule has 0 N–H and O–H groups in total. The third-order valence-corrected chi connectivity index (χ3v) is 2.55. The first-order valence-electron chi connectivity index (χ1n) is 3.96. The fraction of sp³-hybridized carbons (Fsp3) is 0.111. The topological polar surface area (TPSA) is 25.8 Å². The molecule has 1 aromatic carbocycles. The molecule has 0 aliphatic carbocycles. The summed E-state index contributed by atoms with van der Waals surface area (Å²) >= 11 is 3.08. The monoisotopic (exact) mass is 276 g/mol. The molecule has 0 amide bonds. The molecule has 0 atom stereocenters. The first kappa shape index (κ1) is 10.4. The minimum atomic E-state index is -4.34. The van der Waals surface area contributed by atoms with Crippen molar-refractivity contribution in [3.63, 3.8) is 0 Å². The van der Waals surface area contributed by atoms with E-state index in [0.717, 1.165) is 12.1 Å². The average Bonchev–Trinajstić information content (AvgIpc) is 2.16. The van der Waals surface area contributed by atoms with Crippen molar-refractivity contribution in [1.29, 1.82) is 0 Å². The van der Waals surface area contributed by atoms with E-state index < -0.39 is 11.7 Å². The molecule has 0 saturated carbocycles. The lowest BCUT2D eigenvalue weighted by Crippen LogP contribution is -2.04. The van der Waals surface area contributed by atoms with Crippen LogP contribution in [-0.4, -0.2) is 9.97 Å². The summed E-state index contributed by atoms with van der Waals surface area (Å²) in [5.74, 6) is 0. The SMILES string of the molecule is FC(F)(F)c1ccc2ncnc(Br)c2c1. The normalized spacial score (nSPS) is 12.0. The van der Waals surface area contributed by atoms with E-state index in [0.29, 0.717) is 15.5 Å². The number of hydrogen-bond donors (Lipinski definition) is 0. The van der Waals surface area contributed by atoms with Crippen LogP contribution in [0.4, 0.5) is 13.2 Å². The van der Waals surface area contributed by atoms with Crippen LogP contribution in [0.1, 0.15) is 5.56 Å². The first-order chi connectivity index (χ1) is 6.98. The van der Waals surface area contributed by atoms with Gasteiger partial charge in [-0.05, 0) is 34.1 Å². The number of alkyl halides is 3. The van der Waals surface area contributed by atoms with Crippen LogP contribution < -0.4 is 0 Å². The molecule has 2 rings (SSSR count). The van der Waals surface area contributed by atoms with E-state index in [1.807, 2.05) is 0 Å². The van der Waals surface area contributed by atoms with Gasteiger partial charge in [-0.3, -0.25) is 0 Å². The standard InChI is InChI=1S/C9H4BrF3N2/c10-8-6-3-5(9(11,12)13)1-2-7(6)14-4-15-8/h1-4H. The molecule has 6 heteroatoms. The van der Waals surface area contributed by atoms with Crippen molar-refractivity contribution in [3.05, 3.63) is 34.7 Å². The smallest absolute Gasteiger partial charge is 0.236 e. The number of fused-ring (bicyclic) bond motifs is 1. The van der Waals surface area contributed by atoms with Crippen LogP contribution in [0.3, 0.4) is 0 Å². The second-order valence-corrected chi connectivity index (χ2v) is 3.65. The Kier molecular flexibility index (Phi) is 2.38. The van der Waals surface area contributed by atoms with Gasteiger partial charge in [0.25, 0.3) is 0 Å². The molecule has 2 aromatic rings. The molecule has 0 bridgehead atoms. The van der Waals surface area contributed by atoms with Crippen molar-refractivity contribution in [2.24, 2.45) is 0 Å². The van der Waals surface area contributed by atoms with Gasteiger partial charge in [0.15, 0.2) is 0 Å². The zero-order valence-corrected chi connectivity index (χ0v) is 8.80. The van der Waals surface area contributed by atoms with Crippen LogP contribution in [0.25, 0.3) is 10.9 Å². The van der Waals surface area contributed by atoms with Gasteiger partial charge in [-0.25, -0.2) is 9.97 Å². The van der Waals surface area contributed by atoms with E-state index in [-0.39, 0.29) is 0 Å². The van der Waals surface area contributed by atoms with E-state index in [9.17, 15) is 13.2 Å². The summed E-state index contributed by atoms with van der Waals surface area (Å²) < 4.78 is 37.5. The van der Waals surface area contributed by atoms with Crippen LogP contribution in [0.15, 0.2) is 29.1 Å². The maximum Gasteiger partial charge on any atom is 0.416 e. The summed E-state index contributed by atoms with van der Waals surface area (Å²) in [6, 6.07) is 3.35. The van der Waals surface area contributed by atoms with Crippen LogP contribution in [0.5, 0.6) is 0 Å². The van der Waals surface area contributed by atoms with E-state index in [2.05, 4.69) is 25.9 Å². The predicted molar refractivity (Wildman–Crippen MR) is 52.2 cm³/mol. The summed E-state index contributed by atoms with van der Waals surface area (Å²) in [5.41, 5.74) is -0.227. The van der Waals surface area contributed by atoms with Gasteiger partial charge >= 0.3 is 6.18 Å². The van der Waals surface area contributed by atoms with Crippen molar-refractivity contribution in [2.45, 2.75) is 6.18 Å². The van der Waals surface area contributed by atoms with Gasteiger partial charge in [0, 0.05) is 5.39 Å². The second kappa shape index (κ2) is 3.44. The number of hydrogen-bond acceptors (Lipinski definition) is 2. The number of nitrogens with zero attached hydrogens (tertiary/aromatic N) is 2. The van der Waals surface area contributed by atoms with Crippen LogP contribution in [-0.2, 0) is 6.18 Å². The lowest BCUT2D eigenvalue weighted by atomic mass is 10.1. The van der Waals surface area contributed by atoms with Crippen molar-refractivity contribution < 1.29 is 13.2 Å². The molecule has 0 saturated heterocycles. The minimum absolute atomic E-state index is 0.354. The van der Waals surface area contributed by atoms with Crippen molar-refractivity contribution in [1.82, 2.24) is 9.97 Å². The number of rotatable bonds is 0. The Morgan fingerprint density at radius 1 is 1.13 bits per heavy atom. The fourth-order valence-corrected chi connectivity index (χ4v) is 1.61. The molecule has 1 heterocycles. The maximum absolute atomic E-state index is 12.4. The third-order valence-electron chi connectivity index (χ3n) is 1.91. The van der Waals surface area contributed by atoms with Gasteiger partial charge in [-0.15, -0.1) is 0 Å². The van der Waals surface area contributed by atoms with Gasteiger partial charge in [0.2, 0.25) is 0 Å². The van der Waals surface area contributed by atoms with Crippen molar-refractivity contribution in [3.8, 4) is 0 Å². The molecule has 1 aromatic heterocycles. The quantitative estimate of drug-likeness (QED) is 0.689. The highest BCUT2D eigenvalue weighted by Crippen LogP contribution is 2.32. The fourth-order valence-electron chi connectivity index (χ4n) is 1.20. The van der Waals surface area contributed by atoms with Gasteiger partial charge in [0.05, 0.1) is 11.1 Å². The van der Waals surface area contributed by atoms with E-state index >= 15 is 0 Å². The highest BCUT2D eigenvalue weighted by molar-refractivity contribution is 9.10. The van der Waals surface area contributed by atoms with E-state index in [1.54, 1.807) is 0 Å². The highest BCUT2D eigenvalue weighted by Gasteiger charge is 2.30. The van der Waals surface area contributed by atoms with Crippen LogP contribution >= 0.6 is 15.9 Å². The van der Waals surface area contributed by atoms with Gasteiger partial charge in [0.1, 0.15) is 10.9 Å². The molecule has 0 aliphatic heterocycles. The Hall–Kier alpha value is -1.17. The molecule has 78 valence electrons. The summed E-state index contributed by atoms with van der Waals surface area (Å²) in [5, 5.41) is 0.354. The largest absolute Gasteiger partial charge is 0.416 e. The Morgan fingerprint density at radius 3 is 2.53 bits per heavy atom. The number of halogens is 4. The second-order valence-electron chi connectivity index (χ2n) is 2.89. The zero-order valence-electron chi connectivity index (χ0n) is 7.22. The summed E-state index contributed by atoms with van der Waals surface area (Å²) in [7, 11) is 0. The first-order valence-corrected chi connectivity index (χ1v) is 4.75. The Bertz CT molecular complexity index is 510. The third kappa shape index (κ3) is 1.94. The van der Waals surface area contributed by atoms with Gasteiger partial charge in [-0.2, -0.15) is 13.2 Å². The van der Waals surface area contributed by atoms with E-state index in [1.165, 1.54) is 12.4 Å². The lowest BCUT2D eigenvalue weighted by Gasteiger charge is -2.07. The molecule has 0 spiro atoms. The molecule has 15 heavy (non-hydrogen) atoms. The van der Waals surface area contributed by atoms with E-state index in [4.69, 9.17) is 0 Å². The molecule has 0 aliphatic rings. The molecule has 2 nitrogen and oxygen atoms in total. The highest BCUT2D eigenvalue weighted by atomic mass is 79.9. The predicted octanol–water partition coefficient (Wildman–Crippen LogP) is 3.41. The zero-order chi connectivity index (χ0) is 11.1. The van der Waals surface area contributed by atoms with Crippen LogP contribution in [0.2, 0.25) is 0 Å². The average molecular weight is 277 g/mol. The summed E-state index contributed by atoms with van der Waals surface area (Å²) in [4.78, 5) is 7.63. The van der Waals surface area contributed by atoms with Crippen LogP contribution in [0, 0.1) is 0 Å². The number of aromatic nitrogens is 2. The van der Waals surface area contributed by atoms with Gasteiger partial charge in [-0.1, -0.05) is 0 Å². The lowest BCUT2D eigenvalue weighted by molar-refractivity contribution is -0.137. The Morgan fingerprint density at radius 2 is 1.87 bits per heavy atom. The molecule has 0 fully saturated rings. The minimum Gasteiger partial charge on any atom is -0.236 e. The Balaban J connectivity index is 2.70. The number of benzene rings is 1. The molecular formula is C9H4BrF3N2. The summed E-state index contributed by atoms with van der Waals surface area (Å²) in [6.45, 7) is 0. The van der Waals surface area contributed by atoms with Gasteiger partial charge < -0.3 is 0 Å². The maximum atomic E-state index is 12.4. The van der Waals surface area contributed by atoms with Crippen molar-refractivity contribution in [2.75, 3.05) is 0 Å².